The molecule has 0 aromatic carbocycles. The van der Waals surface area contributed by atoms with Crippen LogP contribution in [0.3, 0.4) is 0 Å². The lowest BCUT2D eigenvalue weighted by atomic mass is 9.70. The van der Waals surface area contributed by atoms with E-state index in [4.69, 9.17) is 14.2 Å². The second-order valence-corrected chi connectivity index (χ2v) is 10.2. The van der Waals surface area contributed by atoms with Crippen LogP contribution in [-0.2, 0) is 14.2 Å². The SMILES string of the molecule is FC1CCC(F)C2C3CCC(CC3)OC[C@H]3N(CCC[C@]34COCCN4)CCOC12. The number of fused-ring (bicyclic) bond motifs is 5. The Kier molecular flexibility index (Phi) is 6.64. The van der Waals surface area contributed by atoms with Crippen LogP contribution in [0, 0.1) is 11.8 Å². The minimum atomic E-state index is -1.04. The van der Waals surface area contributed by atoms with E-state index in [0.29, 0.717) is 26.2 Å². The number of nitrogens with one attached hydrogen (secondary N) is 1. The average molecular weight is 429 g/mol. The molecule has 4 unspecified atom stereocenters. The first-order valence-corrected chi connectivity index (χ1v) is 12.2. The molecule has 0 aromatic heterocycles. The van der Waals surface area contributed by atoms with E-state index in [9.17, 15) is 8.78 Å². The summed E-state index contributed by atoms with van der Waals surface area (Å²) >= 11 is 0. The van der Waals surface area contributed by atoms with E-state index < -0.39 is 18.4 Å². The Morgan fingerprint density at radius 1 is 0.900 bits per heavy atom. The van der Waals surface area contributed by atoms with Gasteiger partial charge < -0.3 is 19.5 Å². The largest absolute Gasteiger partial charge is 0.378 e. The smallest absolute Gasteiger partial charge is 0.127 e. The molecule has 7 heteroatoms. The van der Waals surface area contributed by atoms with Crippen molar-refractivity contribution in [2.75, 3.05) is 46.1 Å². The second kappa shape index (κ2) is 9.26. The molecule has 4 saturated heterocycles. The first kappa shape index (κ1) is 21.5. The summed E-state index contributed by atoms with van der Waals surface area (Å²) in [7, 11) is 0. The number of hydrogen-bond acceptors (Lipinski definition) is 5. The normalized spacial score (nSPS) is 48.8. The first-order valence-electron chi connectivity index (χ1n) is 12.2. The third-order valence-electron chi connectivity index (χ3n) is 8.54. The first-order chi connectivity index (χ1) is 14.7. The van der Waals surface area contributed by atoms with Crippen LogP contribution in [0.2, 0.25) is 0 Å². The van der Waals surface area contributed by atoms with E-state index in [1.54, 1.807) is 0 Å². The lowest BCUT2D eigenvalue weighted by Gasteiger charge is -2.52. The predicted molar refractivity (Wildman–Crippen MR) is 110 cm³/mol. The maximum atomic E-state index is 15.0. The van der Waals surface area contributed by atoms with Gasteiger partial charge in [0.05, 0.1) is 50.2 Å². The molecule has 2 bridgehead atoms. The minimum absolute atomic E-state index is 0.0755. The summed E-state index contributed by atoms with van der Waals surface area (Å²) in [5.41, 5.74) is -0.0755. The fraction of sp³-hybridized carbons (Fsp3) is 1.00. The van der Waals surface area contributed by atoms with Gasteiger partial charge in [-0.05, 0) is 63.8 Å². The minimum Gasteiger partial charge on any atom is -0.378 e. The lowest BCUT2D eigenvalue weighted by Crippen LogP contribution is -2.70. The molecule has 6 atom stereocenters. The van der Waals surface area contributed by atoms with E-state index in [2.05, 4.69) is 10.2 Å². The van der Waals surface area contributed by atoms with Crippen molar-refractivity contribution < 1.29 is 23.0 Å². The summed E-state index contributed by atoms with van der Waals surface area (Å²) in [4.78, 5) is 2.45. The number of nitrogens with zero attached hydrogens (tertiary/aromatic N) is 1. The van der Waals surface area contributed by atoms with Crippen molar-refractivity contribution in [3.63, 3.8) is 0 Å². The van der Waals surface area contributed by atoms with E-state index in [0.717, 1.165) is 64.8 Å². The van der Waals surface area contributed by atoms with Gasteiger partial charge in [0, 0.05) is 19.0 Å². The molecule has 30 heavy (non-hydrogen) atoms. The van der Waals surface area contributed by atoms with Crippen molar-refractivity contribution in [2.45, 2.75) is 87.5 Å². The molecule has 0 aromatic rings. The van der Waals surface area contributed by atoms with Crippen LogP contribution in [0.25, 0.3) is 0 Å². The summed E-state index contributed by atoms with van der Waals surface area (Å²) in [6, 6.07) is 0.228. The summed E-state index contributed by atoms with van der Waals surface area (Å²) < 4.78 is 48.4. The molecular weight excluding hydrogens is 390 g/mol. The zero-order valence-electron chi connectivity index (χ0n) is 18.1. The molecule has 6 fully saturated rings. The molecule has 0 radical (unpaired) electrons. The maximum absolute atomic E-state index is 15.0. The van der Waals surface area contributed by atoms with E-state index in [1.807, 2.05) is 0 Å². The molecule has 2 aliphatic carbocycles. The molecule has 0 amide bonds. The van der Waals surface area contributed by atoms with Crippen molar-refractivity contribution >= 4 is 0 Å². The third-order valence-corrected chi connectivity index (χ3v) is 8.54. The quantitative estimate of drug-likeness (QED) is 0.643. The lowest BCUT2D eigenvalue weighted by molar-refractivity contribution is -0.115. The third kappa shape index (κ3) is 4.17. The Balaban J connectivity index is 1.37. The molecule has 5 nitrogen and oxygen atoms in total. The van der Waals surface area contributed by atoms with E-state index in [-0.39, 0.29) is 35.9 Å². The summed E-state index contributed by atoms with van der Waals surface area (Å²) in [5, 5.41) is 3.76. The van der Waals surface area contributed by atoms with Gasteiger partial charge in [-0.15, -0.1) is 0 Å². The van der Waals surface area contributed by atoms with Crippen LogP contribution in [0.4, 0.5) is 8.78 Å². The van der Waals surface area contributed by atoms with Gasteiger partial charge in [0.2, 0.25) is 0 Å². The van der Waals surface area contributed by atoms with Crippen LogP contribution in [-0.4, -0.2) is 87.1 Å². The Hall–Kier alpha value is -0.340. The number of morpholine rings is 1. The number of halogens is 2. The maximum Gasteiger partial charge on any atom is 0.127 e. The fourth-order valence-electron chi connectivity index (χ4n) is 6.93. The van der Waals surface area contributed by atoms with Crippen LogP contribution >= 0.6 is 0 Å². The van der Waals surface area contributed by atoms with Crippen molar-refractivity contribution in [2.24, 2.45) is 11.8 Å². The molecular formula is C23H38F2N2O3. The number of ether oxygens (including phenoxy) is 3. The van der Waals surface area contributed by atoms with Gasteiger partial charge in [0.1, 0.15) is 12.3 Å². The van der Waals surface area contributed by atoms with Crippen LogP contribution in [0.15, 0.2) is 0 Å². The van der Waals surface area contributed by atoms with Gasteiger partial charge >= 0.3 is 0 Å². The summed E-state index contributed by atoms with van der Waals surface area (Å²) in [5.74, 6) is -0.0844. The number of rotatable bonds is 0. The predicted octanol–water partition coefficient (Wildman–Crippen LogP) is 2.87. The van der Waals surface area contributed by atoms with Gasteiger partial charge in [0.25, 0.3) is 0 Å². The topological polar surface area (TPSA) is 43.0 Å². The van der Waals surface area contributed by atoms with Crippen molar-refractivity contribution in [3.05, 3.63) is 0 Å². The van der Waals surface area contributed by atoms with Gasteiger partial charge in [0.15, 0.2) is 0 Å². The molecule has 6 rings (SSSR count). The number of piperidine rings is 1. The van der Waals surface area contributed by atoms with Crippen LogP contribution in [0.5, 0.6) is 0 Å². The van der Waals surface area contributed by atoms with E-state index in [1.165, 1.54) is 0 Å². The molecule has 172 valence electrons. The molecule has 2 saturated carbocycles. The average Bonchev–Trinajstić information content (AvgIpc) is 2.79. The zero-order valence-corrected chi connectivity index (χ0v) is 18.1. The van der Waals surface area contributed by atoms with Crippen molar-refractivity contribution in [3.8, 4) is 0 Å². The highest BCUT2D eigenvalue weighted by molar-refractivity contribution is 5.05. The van der Waals surface area contributed by atoms with Gasteiger partial charge in [-0.25, -0.2) is 8.78 Å². The fourth-order valence-corrected chi connectivity index (χ4v) is 6.93. The Labute approximate surface area is 179 Å². The van der Waals surface area contributed by atoms with Gasteiger partial charge in [-0.2, -0.15) is 0 Å². The molecule has 6 aliphatic rings. The van der Waals surface area contributed by atoms with Crippen LogP contribution in [0.1, 0.15) is 51.4 Å². The highest BCUT2D eigenvalue weighted by atomic mass is 19.1. The van der Waals surface area contributed by atoms with Crippen molar-refractivity contribution in [1.82, 2.24) is 10.2 Å². The number of alkyl halides is 2. The highest BCUT2D eigenvalue weighted by Crippen LogP contribution is 2.43. The summed E-state index contributed by atoms with van der Waals surface area (Å²) in [6.45, 7) is 5.22. The Morgan fingerprint density at radius 3 is 2.53 bits per heavy atom. The molecule has 1 spiro atoms. The van der Waals surface area contributed by atoms with Crippen LogP contribution < -0.4 is 5.32 Å². The molecule has 4 aliphatic heterocycles. The van der Waals surface area contributed by atoms with Gasteiger partial charge in [-0.1, -0.05) is 0 Å². The van der Waals surface area contributed by atoms with Crippen molar-refractivity contribution in [1.29, 1.82) is 0 Å². The molecule has 1 N–H and O–H groups in total. The highest BCUT2D eigenvalue weighted by Gasteiger charge is 2.48. The standard InChI is InChI=1S/C23H38F2N2O3/c24-18-6-7-19(25)22-21(18)16-2-4-17(5-3-16)30-14-20-23(15-28-12-9-26-23)8-1-10-27(20)11-13-29-22/h16-22,26H,1-15H2/t16?,17?,18?,19?,20-,21?,22?,23+/m1/s1. The monoisotopic (exact) mass is 428 g/mol. The number of hydrogen-bond donors (Lipinski definition) is 1. The Bertz CT molecular complexity index is 563. The van der Waals surface area contributed by atoms with Gasteiger partial charge in [-0.3, -0.25) is 4.90 Å². The Morgan fingerprint density at radius 2 is 1.73 bits per heavy atom. The summed E-state index contributed by atoms with van der Waals surface area (Å²) in [6.07, 6.45) is 4.20. The zero-order chi connectivity index (χ0) is 20.6. The van der Waals surface area contributed by atoms with E-state index >= 15 is 0 Å². The second-order valence-electron chi connectivity index (χ2n) is 10.2. The molecule has 4 heterocycles.